The van der Waals surface area contributed by atoms with E-state index in [2.05, 4.69) is 10.6 Å². The minimum Gasteiger partial charge on any atom is -0.480 e. The molecule has 0 heterocycles. The van der Waals surface area contributed by atoms with Gasteiger partial charge in [0.2, 0.25) is 0 Å². The first kappa shape index (κ1) is 14.7. The molecule has 0 fully saturated rings. The summed E-state index contributed by atoms with van der Waals surface area (Å²) in [6, 6.07) is -0.465. The largest absolute Gasteiger partial charge is 0.480 e. The van der Waals surface area contributed by atoms with E-state index in [0.717, 1.165) is 6.42 Å². The van der Waals surface area contributed by atoms with Crippen molar-refractivity contribution in [2.24, 2.45) is 5.41 Å². The highest BCUT2D eigenvalue weighted by molar-refractivity contribution is 5.79. The zero-order valence-corrected chi connectivity index (χ0v) is 10.0. The Morgan fingerprint density at radius 2 is 1.94 bits per heavy atom. The first-order valence-electron chi connectivity index (χ1n) is 5.10. The lowest BCUT2D eigenvalue weighted by atomic mass is 9.90. The number of amides is 2. The van der Waals surface area contributed by atoms with Crippen LogP contribution in [0.25, 0.3) is 0 Å². The van der Waals surface area contributed by atoms with Crippen LogP contribution in [0.2, 0.25) is 0 Å². The normalized spacial score (nSPS) is 10.9. The van der Waals surface area contributed by atoms with Gasteiger partial charge in [-0.15, -0.1) is 0 Å². The predicted molar refractivity (Wildman–Crippen MR) is 59.3 cm³/mol. The number of rotatable bonds is 7. The van der Waals surface area contributed by atoms with E-state index in [-0.39, 0.29) is 12.0 Å². The van der Waals surface area contributed by atoms with Crippen LogP contribution in [0.15, 0.2) is 0 Å². The Hall–Kier alpha value is -1.30. The molecule has 6 nitrogen and oxygen atoms in total. The summed E-state index contributed by atoms with van der Waals surface area (Å²) >= 11 is 0. The highest BCUT2D eigenvalue weighted by atomic mass is 16.5. The van der Waals surface area contributed by atoms with Crippen molar-refractivity contribution in [3.63, 3.8) is 0 Å². The third kappa shape index (κ3) is 8.05. The maximum atomic E-state index is 11.2. The van der Waals surface area contributed by atoms with Crippen LogP contribution in [-0.2, 0) is 9.53 Å². The molecule has 0 bridgehead atoms. The van der Waals surface area contributed by atoms with Crippen molar-refractivity contribution >= 4 is 12.0 Å². The monoisotopic (exact) mass is 232 g/mol. The van der Waals surface area contributed by atoms with Gasteiger partial charge in [-0.25, -0.2) is 4.79 Å². The summed E-state index contributed by atoms with van der Waals surface area (Å²) in [5.41, 5.74) is -0.0728. The summed E-state index contributed by atoms with van der Waals surface area (Å²) < 4.78 is 4.96. The Balaban J connectivity index is 3.76. The number of hydrogen-bond acceptors (Lipinski definition) is 3. The quantitative estimate of drug-likeness (QED) is 0.594. The molecule has 94 valence electrons. The minimum atomic E-state index is -1.06. The molecule has 0 saturated heterocycles. The fourth-order valence-electron chi connectivity index (χ4n) is 1.00. The highest BCUT2D eigenvalue weighted by Gasteiger charge is 2.18. The van der Waals surface area contributed by atoms with Crippen LogP contribution in [0.5, 0.6) is 0 Å². The standard InChI is InChI=1S/C10H20N2O4/c1-10(2,4-5-16-3)7-12-9(15)11-6-8(13)14/h4-7H2,1-3H3,(H,13,14)(H2,11,12,15). The number of carboxylic acids is 1. The Morgan fingerprint density at radius 1 is 1.31 bits per heavy atom. The van der Waals surface area contributed by atoms with E-state index in [1.54, 1.807) is 7.11 Å². The molecular formula is C10H20N2O4. The van der Waals surface area contributed by atoms with Gasteiger partial charge in [-0.2, -0.15) is 0 Å². The second-order valence-corrected chi connectivity index (χ2v) is 4.34. The number of nitrogens with one attached hydrogen (secondary N) is 2. The molecule has 3 N–H and O–H groups in total. The Kier molecular flexibility index (Phi) is 6.48. The summed E-state index contributed by atoms with van der Waals surface area (Å²) in [5, 5.41) is 13.2. The van der Waals surface area contributed by atoms with Gasteiger partial charge in [-0.3, -0.25) is 4.79 Å². The summed E-state index contributed by atoms with van der Waals surface area (Å²) in [6.45, 7) is 4.74. The Labute approximate surface area is 95.4 Å². The number of urea groups is 1. The maximum absolute atomic E-state index is 11.2. The molecule has 0 spiro atoms. The summed E-state index contributed by atoms with van der Waals surface area (Å²) in [5.74, 6) is -1.06. The molecule has 0 rings (SSSR count). The van der Waals surface area contributed by atoms with E-state index in [1.165, 1.54) is 0 Å². The fourth-order valence-corrected chi connectivity index (χ4v) is 1.00. The van der Waals surface area contributed by atoms with Crippen molar-refractivity contribution in [2.45, 2.75) is 20.3 Å². The molecule has 0 aliphatic carbocycles. The second kappa shape index (κ2) is 7.05. The molecule has 0 aliphatic heterocycles. The number of aliphatic carboxylic acids is 1. The van der Waals surface area contributed by atoms with Gasteiger partial charge in [0.05, 0.1) is 0 Å². The topological polar surface area (TPSA) is 87.7 Å². The molecule has 0 atom stereocenters. The summed E-state index contributed by atoms with van der Waals surface area (Å²) in [7, 11) is 1.63. The lowest BCUT2D eigenvalue weighted by Gasteiger charge is -2.24. The zero-order valence-electron chi connectivity index (χ0n) is 10.0. The minimum absolute atomic E-state index is 0.0728. The predicted octanol–water partition coefficient (Wildman–Crippen LogP) is 0.433. The van der Waals surface area contributed by atoms with Crippen molar-refractivity contribution in [1.29, 1.82) is 0 Å². The summed E-state index contributed by atoms with van der Waals surface area (Å²) in [6.07, 6.45) is 0.822. The fraction of sp³-hybridized carbons (Fsp3) is 0.800. The van der Waals surface area contributed by atoms with Gasteiger partial charge < -0.3 is 20.5 Å². The van der Waals surface area contributed by atoms with Crippen LogP contribution >= 0.6 is 0 Å². The van der Waals surface area contributed by atoms with Crippen molar-refractivity contribution in [2.75, 3.05) is 26.8 Å². The highest BCUT2D eigenvalue weighted by Crippen LogP contribution is 2.18. The van der Waals surface area contributed by atoms with E-state index in [9.17, 15) is 9.59 Å². The van der Waals surface area contributed by atoms with Crippen molar-refractivity contribution in [1.82, 2.24) is 10.6 Å². The first-order valence-corrected chi connectivity index (χ1v) is 5.10. The maximum Gasteiger partial charge on any atom is 0.323 e. The van der Waals surface area contributed by atoms with Crippen LogP contribution in [0.1, 0.15) is 20.3 Å². The number of ether oxygens (including phenoxy) is 1. The van der Waals surface area contributed by atoms with E-state index >= 15 is 0 Å². The molecule has 16 heavy (non-hydrogen) atoms. The van der Waals surface area contributed by atoms with Crippen molar-refractivity contribution < 1.29 is 19.4 Å². The molecule has 6 heteroatoms. The van der Waals surface area contributed by atoms with E-state index in [1.807, 2.05) is 13.8 Å². The molecule has 0 aromatic heterocycles. The molecule has 0 aliphatic rings. The third-order valence-corrected chi connectivity index (χ3v) is 2.11. The van der Waals surface area contributed by atoms with Crippen molar-refractivity contribution in [3.8, 4) is 0 Å². The zero-order chi connectivity index (χ0) is 12.6. The second-order valence-electron chi connectivity index (χ2n) is 4.34. The number of carboxylic acid groups (broad SMARTS) is 1. The van der Waals surface area contributed by atoms with Crippen LogP contribution in [0.3, 0.4) is 0 Å². The number of carbonyl (C=O) groups excluding carboxylic acids is 1. The van der Waals surface area contributed by atoms with Gasteiger partial charge in [0.1, 0.15) is 6.54 Å². The van der Waals surface area contributed by atoms with Crippen molar-refractivity contribution in [3.05, 3.63) is 0 Å². The Bertz CT molecular complexity index is 241. The Morgan fingerprint density at radius 3 is 2.44 bits per heavy atom. The average Bonchev–Trinajstić information content (AvgIpc) is 2.21. The van der Waals surface area contributed by atoms with Gasteiger partial charge in [-0.1, -0.05) is 13.8 Å². The molecule has 0 aromatic carbocycles. The number of hydrogen-bond donors (Lipinski definition) is 3. The molecule has 0 unspecified atom stereocenters. The van der Waals surface area contributed by atoms with E-state index in [0.29, 0.717) is 13.2 Å². The van der Waals surface area contributed by atoms with Crippen LogP contribution in [0.4, 0.5) is 4.79 Å². The van der Waals surface area contributed by atoms with Crippen LogP contribution in [-0.4, -0.2) is 43.9 Å². The van der Waals surface area contributed by atoms with Crippen LogP contribution < -0.4 is 10.6 Å². The number of carbonyl (C=O) groups is 2. The number of methoxy groups -OCH3 is 1. The molecule has 0 radical (unpaired) electrons. The van der Waals surface area contributed by atoms with E-state index in [4.69, 9.17) is 9.84 Å². The SMILES string of the molecule is COCCC(C)(C)CNC(=O)NCC(=O)O. The molecule has 2 amide bonds. The molecular weight excluding hydrogens is 212 g/mol. The lowest BCUT2D eigenvalue weighted by molar-refractivity contribution is -0.135. The average molecular weight is 232 g/mol. The smallest absolute Gasteiger partial charge is 0.323 e. The third-order valence-electron chi connectivity index (χ3n) is 2.11. The van der Waals surface area contributed by atoms with Gasteiger partial charge >= 0.3 is 12.0 Å². The first-order chi connectivity index (χ1) is 7.37. The van der Waals surface area contributed by atoms with Crippen LogP contribution in [0, 0.1) is 5.41 Å². The molecule has 0 saturated carbocycles. The van der Waals surface area contributed by atoms with Gasteiger partial charge in [-0.05, 0) is 11.8 Å². The lowest BCUT2D eigenvalue weighted by Crippen LogP contribution is -2.42. The van der Waals surface area contributed by atoms with Gasteiger partial charge in [0.25, 0.3) is 0 Å². The molecule has 0 aromatic rings. The van der Waals surface area contributed by atoms with Gasteiger partial charge in [0.15, 0.2) is 0 Å². The van der Waals surface area contributed by atoms with E-state index < -0.39 is 12.0 Å². The van der Waals surface area contributed by atoms with Gasteiger partial charge in [0, 0.05) is 20.3 Å². The summed E-state index contributed by atoms with van der Waals surface area (Å²) in [4.78, 5) is 21.3.